The van der Waals surface area contributed by atoms with Gasteiger partial charge in [0.05, 0.1) is 21.4 Å². The summed E-state index contributed by atoms with van der Waals surface area (Å²) in [6.45, 7) is 3.86. The molecule has 154 valence electrons. The summed E-state index contributed by atoms with van der Waals surface area (Å²) in [6.07, 6.45) is 4.79. The highest BCUT2D eigenvalue weighted by Crippen LogP contribution is 2.32. The standard InChI is InChI=1S/C23H19Cl4N3/c1-14-10-16(24)12-20(26)22(14)28-8-6-18-4-3-5-19(30-18)7-9-29-23-15(2)11-17(25)13-21(23)27/h3-5,8-13H,6-7H2,1-2H3. The third kappa shape index (κ3) is 6.05. The summed E-state index contributed by atoms with van der Waals surface area (Å²) in [6, 6.07) is 13.0. The third-order valence-corrected chi connectivity index (χ3v) is 5.36. The number of aliphatic imine (C=N–C) groups is 2. The predicted octanol–water partition coefficient (Wildman–Crippen LogP) is 8.20. The molecule has 0 saturated heterocycles. The van der Waals surface area contributed by atoms with E-state index in [9.17, 15) is 0 Å². The van der Waals surface area contributed by atoms with E-state index in [0.717, 1.165) is 33.9 Å². The molecule has 1 aromatic heterocycles. The van der Waals surface area contributed by atoms with Crippen LogP contribution in [0, 0.1) is 13.8 Å². The minimum atomic E-state index is 0.533. The molecule has 3 rings (SSSR count). The molecule has 0 fully saturated rings. The minimum Gasteiger partial charge on any atom is -0.259 e. The van der Waals surface area contributed by atoms with Crippen LogP contribution in [0.25, 0.3) is 0 Å². The molecular weight excluding hydrogens is 460 g/mol. The van der Waals surface area contributed by atoms with Crippen molar-refractivity contribution in [1.29, 1.82) is 0 Å². The lowest BCUT2D eigenvalue weighted by Gasteiger charge is -2.05. The second kappa shape index (κ2) is 10.4. The van der Waals surface area contributed by atoms with E-state index >= 15 is 0 Å². The Hall–Kier alpha value is -1.91. The maximum Gasteiger partial charge on any atom is 0.0842 e. The number of hydrogen-bond acceptors (Lipinski definition) is 3. The van der Waals surface area contributed by atoms with E-state index in [0.29, 0.717) is 32.9 Å². The zero-order chi connectivity index (χ0) is 21.7. The molecule has 0 aliphatic rings. The maximum atomic E-state index is 6.24. The van der Waals surface area contributed by atoms with E-state index in [1.54, 1.807) is 24.6 Å². The van der Waals surface area contributed by atoms with E-state index in [-0.39, 0.29) is 0 Å². The molecule has 3 aromatic rings. The van der Waals surface area contributed by atoms with Crippen LogP contribution in [0.2, 0.25) is 20.1 Å². The van der Waals surface area contributed by atoms with E-state index in [1.165, 1.54) is 0 Å². The molecule has 1 heterocycles. The van der Waals surface area contributed by atoms with E-state index in [1.807, 2.05) is 44.2 Å². The minimum absolute atomic E-state index is 0.533. The second-order valence-electron chi connectivity index (χ2n) is 6.76. The van der Waals surface area contributed by atoms with Crippen molar-refractivity contribution in [3.63, 3.8) is 0 Å². The smallest absolute Gasteiger partial charge is 0.0842 e. The van der Waals surface area contributed by atoms with Crippen molar-refractivity contribution in [2.45, 2.75) is 26.7 Å². The first kappa shape index (κ1) is 22.8. The molecule has 0 spiro atoms. The lowest BCUT2D eigenvalue weighted by molar-refractivity contribution is 1.06. The van der Waals surface area contributed by atoms with E-state index < -0.39 is 0 Å². The van der Waals surface area contributed by atoms with Gasteiger partial charge in [0.25, 0.3) is 0 Å². The number of nitrogens with zero attached hydrogens (tertiary/aromatic N) is 3. The summed E-state index contributed by atoms with van der Waals surface area (Å²) in [4.78, 5) is 13.6. The fraction of sp³-hybridized carbons (Fsp3) is 0.174. The average molecular weight is 479 g/mol. The number of benzene rings is 2. The fourth-order valence-electron chi connectivity index (χ4n) is 2.93. The molecule has 0 atom stereocenters. The molecule has 0 bridgehead atoms. The normalized spacial score (nSPS) is 11.7. The number of pyridine rings is 1. The van der Waals surface area contributed by atoms with Crippen LogP contribution in [-0.4, -0.2) is 17.4 Å². The van der Waals surface area contributed by atoms with Gasteiger partial charge in [-0.25, -0.2) is 0 Å². The molecule has 0 amide bonds. The van der Waals surface area contributed by atoms with Gasteiger partial charge in [-0.05, 0) is 61.4 Å². The molecule has 30 heavy (non-hydrogen) atoms. The molecule has 0 aliphatic carbocycles. The number of aromatic nitrogens is 1. The molecule has 3 nitrogen and oxygen atoms in total. The van der Waals surface area contributed by atoms with Crippen molar-refractivity contribution in [2.24, 2.45) is 9.98 Å². The summed E-state index contributed by atoms with van der Waals surface area (Å²) in [7, 11) is 0. The summed E-state index contributed by atoms with van der Waals surface area (Å²) in [5, 5.41) is 2.26. The Balaban J connectivity index is 1.67. The highest BCUT2D eigenvalue weighted by molar-refractivity contribution is 6.37. The first-order chi connectivity index (χ1) is 14.3. The lowest BCUT2D eigenvalue weighted by atomic mass is 10.2. The number of rotatable bonds is 6. The zero-order valence-corrected chi connectivity index (χ0v) is 19.5. The SMILES string of the molecule is Cc1cc(Cl)cc(Cl)c1N=CCc1cccc(CC=Nc2c(C)cc(Cl)cc2Cl)n1. The molecule has 0 N–H and O–H groups in total. The van der Waals surface area contributed by atoms with Crippen LogP contribution in [0.15, 0.2) is 52.4 Å². The summed E-state index contributed by atoms with van der Waals surface area (Å²) in [5.74, 6) is 0. The van der Waals surface area contributed by atoms with Crippen molar-refractivity contribution in [3.8, 4) is 0 Å². The molecule has 7 heteroatoms. The van der Waals surface area contributed by atoms with Crippen LogP contribution in [0.3, 0.4) is 0 Å². The predicted molar refractivity (Wildman–Crippen MR) is 130 cm³/mol. The van der Waals surface area contributed by atoms with Crippen LogP contribution in [0.1, 0.15) is 22.5 Å². The monoisotopic (exact) mass is 477 g/mol. The highest BCUT2D eigenvalue weighted by atomic mass is 35.5. The number of halogens is 4. The molecular formula is C23H19Cl4N3. The van der Waals surface area contributed by atoms with Gasteiger partial charge < -0.3 is 0 Å². The van der Waals surface area contributed by atoms with Gasteiger partial charge in [-0.1, -0.05) is 52.5 Å². The fourth-order valence-corrected chi connectivity index (χ4v) is 4.22. The molecule has 2 aromatic carbocycles. The largest absolute Gasteiger partial charge is 0.259 e. The van der Waals surface area contributed by atoms with Gasteiger partial charge in [0.1, 0.15) is 0 Å². The average Bonchev–Trinajstić information content (AvgIpc) is 2.66. The first-order valence-corrected chi connectivity index (χ1v) is 10.8. The Morgan fingerprint density at radius 1 is 0.733 bits per heavy atom. The van der Waals surface area contributed by atoms with Gasteiger partial charge in [0.2, 0.25) is 0 Å². The number of hydrogen-bond donors (Lipinski definition) is 0. The Morgan fingerprint density at radius 3 is 1.57 bits per heavy atom. The van der Waals surface area contributed by atoms with Gasteiger partial charge >= 0.3 is 0 Å². The number of aryl methyl sites for hydroxylation is 2. The topological polar surface area (TPSA) is 37.6 Å². The quantitative estimate of drug-likeness (QED) is 0.329. The van der Waals surface area contributed by atoms with Crippen molar-refractivity contribution < 1.29 is 0 Å². The van der Waals surface area contributed by atoms with Crippen molar-refractivity contribution in [3.05, 3.63) is 85.1 Å². The van der Waals surface area contributed by atoms with Crippen LogP contribution in [-0.2, 0) is 12.8 Å². The van der Waals surface area contributed by atoms with Crippen molar-refractivity contribution in [2.75, 3.05) is 0 Å². The lowest BCUT2D eigenvalue weighted by Crippen LogP contribution is -1.97. The Labute approximate surface area is 196 Å². The summed E-state index contributed by atoms with van der Waals surface area (Å²) in [5.41, 5.74) is 5.12. The first-order valence-electron chi connectivity index (χ1n) is 9.24. The van der Waals surface area contributed by atoms with E-state index in [2.05, 4.69) is 15.0 Å². The Bertz CT molecular complexity index is 992. The summed E-state index contributed by atoms with van der Waals surface area (Å²) >= 11 is 24.5. The Morgan fingerprint density at radius 2 is 1.17 bits per heavy atom. The zero-order valence-electron chi connectivity index (χ0n) is 16.5. The van der Waals surface area contributed by atoms with Gasteiger partial charge in [-0.2, -0.15) is 0 Å². The summed E-state index contributed by atoms with van der Waals surface area (Å²) < 4.78 is 0. The molecule has 0 radical (unpaired) electrons. The van der Waals surface area contributed by atoms with Gasteiger partial charge in [-0.15, -0.1) is 0 Å². The molecule has 0 aliphatic heterocycles. The van der Waals surface area contributed by atoms with Gasteiger partial charge in [-0.3, -0.25) is 15.0 Å². The van der Waals surface area contributed by atoms with Gasteiger partial charge in [0, 0.05) is 46.7 Å². The molecule has 0 unspecified atom stereocenters. The van der Waals surface area contributed by atoms with Crippen LogP contribution < -0.4 is 0 Å². The van der Waals surface area contributed by atoms with E-state index in [4.69, 9.17) is 46.4 Å². The van der Waals surface area contributed by atoms with Crippen molar-refractivity contribution >= 4 is 70.2 Å². The highest BCUT2D eigenvalue weighted by Gasteiger charge is 2.05. The van der Waals surface area contributed by atoms with Crippen LogP contribution in [0.4, 0.5) is 11.4 Å². The third-order valence-electron chi connectivity index (χ3n) is 4.34. The Kier molecular flexibility index (Phi) is 7.90. The van der Waals surface area contributed by atoms with Crippen molar-refractivity contribution in [1.82, 2.24) is 4.98 Å². The van der Waals surface area contributed by atoms with Gasteiger partial charge in [0.15, 0.2) is 0 Å². The van der Waals surface area contributed by atoms with Crippen LogP contribution in [0.5, 0.6) is 0 Å². The maximum absolute atomic E-state index is 6.24. The van der Waals surface area contributed by atoms with Crippen LogP contribution >= 0.6 is 46.4 Å². The molecule has 0 saturated carbocycles. The second-order valence-corrected chi connectivity index (χ2v) is 8.45.